The molecule has 30 heavy (non-hydrogen) atoms. The van der Waals surface area contributed by atoms with Gasteiger partial charge in [0, 0.05) is 4.75 Å². The summed E-state index contributed by atoms with van der Waals surface area (Å²) >= 11 is 1.47. The first-order chi connectivity index (χ1) is 13.3. The molecule has 0 saturated carbocycles. The summed E-state index contributed by atoms with van der Waals surface area (Å²) < 4.78 is 5.25. The van der Waals surface area contributed by atoms with Crippen molar-refractivity contribution in [1.82, 2.24) is 4.90 Å². The summed E-state index contributed by atoms with van der Waals surface area (Å²) in [6, 6.07) is -0.909. The second kappa shape index (κ2) is 8.69. The number of hydrogen-bond acceptors (Lipinski definition) is 6. The first-order valence-corrected chi connectivity index (χ1v) is 11.2. The van der Waals surface area contributed by atoms with Crippen LogP contribution in [0, 0.1) is 10.8 Å². The van der Waals surface area contributed by atoms with Crippen molar-refractivity contribution in [3.05, 3.63) is 0 Å². The number of ether oxygens (including phenoxy) is 1. The number of carboxylic acids is 1. The van der Waals surface area contributed by atoms with Gasteiger partial charge in [-0.1, -0.05) is 13.8 Å². The predicted octanol–water partition coefficient (Wildman–Crippen LogP) is 3.64. The zero-order valence-corrected chi connectivity index (χ0v) is 20.8. The number of carboxylic acid groups (broad SMARTS) is 1. The topological polar surface area (TPSA) is 110 Å². The van der Waals surface area contributed by atoms with E-state index in [9.17, 15) is 19.5 Å². The number of carbonyl (C=O) groups is 3. The summed E-state index contributed by atoms with van der Waals surface area (Å²) in [6.07, 6.45) is 2.22. The largest absolute Gasteiger partial charge is 0.480 e. The third kappa shape index (κ3) is 6.13. The van der Waals surface area contributed by atoms with Gasteiger partial charge in [-0.05, 0) is 79.7 Å². The van der Waals surface area contributed by atoms with E-state index in [4.69, 9.17) is 10.5 Å². The number of carbonyl (C=O) groups excluding carboxylic acids is 2. The van der Waals surface area contributed by atoms with E-state index in [0.717, 1.165) is 0 Å². The standard InChI is InChI=1S/C22H40N2O5S/c1-18(2,13-23)12-19(3,4)17(28)29-20(5,6)10-11-22(9)24(14-25)15(16(26)27)21(7,8)30-22/h14-15H,10-13,23H2,1-9H3,(H,26,27). The van der Waals surface area contributed by atoms with Crippen LogP contribution < -0.4 is 5.73 Å². The van der Waals surface area contributed by atoms with Crippen LogP contribution in [0.5, 0.6) is 0 Å². The number of nitrogens with two attached hydrogens (primary N) is 1. The van der Waals surface area contributed by atoms with E-state index in [1.165, 1.54) is 16.7 Å². The van der Waals surface area contributed by atoms with Crippen LogP contribution in [-0.4, -0.2) is 56.2 Å². The van der Waals surface area contributed by atoms with E-state index in [-0.39, 0.29) is 11.4 Å². The maximum atomic E-state index is 12.9. The van der Waals surface area contributed by atoms with Crippen molar-refractivity contribution >= 4 is 30.1 Å². The molecule has 3 N–H and O–H groups in total. The molecule has 0 radical (unpaired) electrons. The van der Waals surface area contributed by atoms with Crippen LogP contribution in [-0.2, 0) is 19.1 Å². The molecule has 0 aromatic carbocycles. The summed E-state index contributed by atoms with van der Waals surface area (Å²) in [4.78, 5) is 37.1. The zero-order chi connectivity index (χ0) is 23.8. The summed E-state index contributed by atoms with van der Waals surface area (Å²) in [5.74, 6) is -1.30. The highest BCUT2D eigenvalue weighted by Crippen LogP contribution is 2.53. The van der Waals surface area contributed by atoms with Crippen LogP contribution in [0.3, 0.4) is 0 Å². The quantitative estimate of drug-likeness (QED) is 0.391. The minimum Gasteiger partial charge on any atom is -0.480 e. The minimum atomic E-state index is -1.02. The first-order valence-electron chi connectivity index (χ1n) is 10.4. The molecule has 0 aliphatic carbocycles. The second-order valence-electron chi connectivity index (χ2n) is 11.2. The molecule has 0 aromatic rings. The lowest BCUT2D eigenvalue weighted by atomic mass is 9.75. The van der Waals surface area contributed by atoms with E-state index >= 15 is 0 Å². The fourth-order valence-corrected chi connectivity index (χ4v) is 6.28. The zero-order valence-electron chi connectivity index (χ0n) is 20.0. The van der Waals surface area contributed by atoms with Gasteiger partial charge in [0.25, 0.3) is 0 Å². The van der Waals surface area contributed by atoms with Crippen molar-refractivity contribution in [2.75, 3.05) is 6.54 Å². The fourth-order valence-electron chi connectivity index (χ4n) is 4.37. The Morgan fingerprint density at radius 2 is 1.70 bits per heavy atom. The van der Waals surface area contributed by atoms with Crippen LogP contribution in [0.2, 0.25) is 0 Å². The number of rotatable bonds is 10. The third-order valence-corrected chi connectivity index (χ3v) is 7.50. The predicted molar refractivity (Wildman–Crippen MR) is 120 cm³/mol. The third-order valence-electron chi connectivity index (χ3n) is 5.90. The molecule has 1 aliphatic rings. The molecule has 1 aliphatic heterocycles. The SMILES string of the molecule is CC(C)(CN)CC(C)(C)C(=O)OC(C)(C)CCC1(C)SC(C)(C)C(C(=O)O)N1C=O. The summed E-state index contributed by atoms with van der Waals surface area (Å²) in [7, 11) is 0. The Hall–Kier alpha value is -1.28. The van der Waals surface area contributed by atoms with Gasteiger partial charge in [0.1, 0.15) is 11.6 Å². The highest BCUT2D eigenvalue weighted by atomic mass is 32.2. The first kappa shape index (κ1) is 26.8. The molecule has 0 spiro atoms. The Morgan fingerprint density at radius 1 is 1.17 bits per heavy atom. The molecule has 1 saturated heterocycles. The lowest BCUT2D eigenvalue weighted by molar-refractivity contribution is -0.170. The molecule has 0 aromatic heterocycles. The van der Waals surface area contributed by atoms with Crippen molar-refractivity contribution in [1.29, 1.82) is 0 Å². The lowest BCUT2D eigenvalue weighted by Crippen LogP contribution is -2.50. The number of esters is 1. The molecule has 0 bridgehead atoms. The average molecular weight is 445 g/mol. The Morgan fingerprint density at radius 3 is 2.13 bits per heavy atom. The van der Waals surface area contributed by atoms with Crippen molar-refractivity contribution in [3.63, 3.8) is 0 Å². The normalized spacial score (nSPS) is 24.6. The Balaban J connectivity index is 2.91. The summed E-state index contributed by atoms with van der Waals surface area (Å²) in [6.45, 7) is 17.5. The molecular formula is C22H40N2O5S. The molecule has 1 fully saturated rings. The van der Waals surface area contributed by atoms with Gasteiger partial charge in [0.15, 0.2) is 0 Å². The van der Waals surface area contributed by atoms with Gasteiger partial charge in [-0.25, -0.2) is 4.79 Å². The van der Waals surface area contributed by atoms with Crippen LogP contribution in [0.4, 0.5) is 0 Å². The van der Waals surface area contributed by atoms with Gasteiger partial charge in [0.2, 0.25) is 6.41 Å². The van der Waals surface area contributed by atoms with E-state index in [1.807, 2.05) is 62.3 Å². The van der Waals surface area contributed by atoms with E-state index in [2.05, 4.69) is 0 Å². The number of hydrogen-bond donors (Lipinski definition) is 2. The molecule has 1 heterocycles. The Labute approximate surface area is 185 Å². The highest BCUT2D eigenvalue weighted by Gasteiger charge is 2.57. The van der Waals surface area contributed by atoms with Gasteiger partial charge in [-0.3, -0.25) is 9.59 Å². The minimum absolute atomic E-state index is 0.178. The van der Waals surface area contributed by atoms with Crippen molar-refractivity contribution in [3.8, 4) is 0 Å². The van der Waals surface area contributed by atoms with Crippen molar-refractivity contribution in [2.24, 2.45) is 16.6 Å². The van der Waals surface area contributed by atoms with Crippen molar-refractivity contribution < 1.29 is 24.2 Å². The van der Waals surface area contributed by atoms with E-state index in [1.54, 1.807) is 0 Å². The molecule has 174 valence electrons. The molecule has 7 nitrogen and oxygen atoms in total. The Kier molecular flexibility index (Phi) is 7.75. The van der Waals surface area contributed by atoms with Crippen LogP contribution in [0.15, 0.2) is 0 Å². The fraction of sp³-hybridized carbons (Fsp3) is 0.864. The summed E-state index contributed by atoms with van der Waals surface area (Å²) in [5, 5.41) is 9.64. The van der Waals surface area contributed by atoms with E-state index in [0.29, 0.717) is 32.2 Å². The van der Waals surface area contributed by atoms with Crippen LogP contribution in [0.1, 0.15) is 81.6 Å². The number of thioether (sulfide) groups is 1. The van der Waals surface area contributed by atoms with Crippen LogP contribution in [0.25, 0.3) is 0 Å². The van der Waals surface area contributed by atoms with Crippen molar-refractivity contribution in [2.45, 2.75) is 103 Å². The van der Waals surface area contributed by atoms with Gasteiger partial charge in [0.05, 0.1) is 10.3 Å². The lowest BCUT2D eigenvalue weighted by Gasteiger charge is -2.38. The summed E-state index contributed by atoms with van der Waals surface area (Å²) in [5.41, 5.74) is 4.20. The smallest absolute Gasteiger partial charge is 0.327 e. The molecule has 8 heteroatoms. The molecule has 1 amide bonds. The van der Waals surface area contributed by atoms with E-state index < -0.39 is 32.6 Å². The van der Waals surface area contributed by atoms with Crippen LogP contribution >= 0.6 is 11.8 Å². The molecular weight excluding hydrogens is 404 g/mol. The Bertz CT molecular complexity index is 674. The number of nitrogens with zero attached hydrogens (tertiary/aromatic N) is 1. The average Bonchev–Trinajstić information content (AvgIpc) is 2.77. The molecule has 2 unspecified atom stereocenters. The number of amides is 1. The monoisotopic (exact) mass is 444 g/mol. The maximum Gasteiger partial charge on any atom is 0.327 e. The van der Waals surface area contributed by atoms with Gasteiger partial charge >= 0.3 is 11.9 Å². The molecule has 2 atom stereocenters. The van der Waals surface area contributed by atoms with Gasteiger partial charge < -0.3 is 20.5 Å². The second-order valence-corrected chi connectivity index (χ2v) is 13.3. The number of aliphatic carboxylic acids is 1. The van der Waals surface area contributed by atoms with Gasteiger partial charge in [-0.2, -0.15) is 0 Å². The van der Waals surface area contributed by atoms with Gasteiger partial charge in [-0.15, -0.1) is 11.8 Å². The maximum absolute atomic E-state index is 12.9. The highest BCUT2D eigenvalue weighted by molar-refractivity contribution is 8.02. The molecule has 1 rings (SSSR count).